The van der Waals surface area contributed by atoms with Gasteiger partial charge >= 0.3 is 5.97 Å². The maximum Gasteiger partial charge on any atom is 0.307 e. The molecule has 6 heteroatoms. The van der Waals surface area contributed by atoms with Gasteiger partial charge in [-0.1, -0.05) is 11.6 Å². The van der Waals surface area contributed by atoms with Crippen molar-refractivity contribution in [3.63, 3.8) is 0 Å². The Labute approximate surface area is 141 Å². The van der Waals surface area contributed by atoms with E-state index in [9.17, 15) is 19.1 Å². The summed E-state index contributed by atoms with van der Waals surface area (Å²) in [5.41, 5.74) is 1.66. The normalized spacial score (nSPS) is 21.1. The monoisotopic (exact) mass is 334 g/mol. The van der Waals surface area contributed by atoms with Gasteiger partial charge in [-0.15, -0.1) is 0 Å². The smallest absolute Gasteiger partial charge is 0.307 e. The molecule has 0 aliphatic carbocycles. The number of hydrogen-bond donors (Lipinski definition) is 2. The van der Waals surface area contributed by atoms with E-state index in [0.29, 0.717) is 31.7 Å². The summed E-state index contributed by atoms with van der Waals surface area (Å²) in [5, 5.41) is 12.1. The molecule has 2 N–H and O–H groups in total. The van der Waals surface area contributed by atoms with Crippen LogP contribution in [0.15, 0.2) is 35.9 Å². The van der Waals surface area contributed by atoms with Crippen molar-refractivity contribution in [3.05, 3.63) is 41.7 Å². The molecule has 0 radical (unpaired) electrons. The fourth-order valence-electron chi connectivity index (χ4n) is 2.80. The number of carbonyl (C=O) groups is 2. The van der Waals surface area contributed by atoms with E-state index >= 15 is 0 Å². The van der Waals surface area contributed by atoms with E-state index in [0.717, 1.165) is 5.57 Å². The number of nitrogens with one attached hydrogen (secondary N) is 1. The van der Waals surface area contributed by atoms with E-state index in [4.69, 9.17) is 0 Å². The summed E-state index contributed by atoms with van der Waals surface area (Å²) < 4.78 is 12.9. The molecule has 2 atom stereocenters. The fraction of sp³-hybridized carbons (Fsp3) is 0.444. The highest BCUT2D eigenvalue weighted by Crippen LogP contribution is 2.24. The van der Waals surface area contributed by atoms with Gasteiger partial charge < -0.3 is 10.4 Å². The van der Waals surface area contributed by atoms with Crippen molar-refractivity contribution in [2.75, 3.05) is 25.0 Å². The summed E-state index contributed by atoms with van der Waals surface area (Å²) in [5.74, 6) is -2.44. The minimum absolute atomic E-state index is 0.227. The molecule has 1 aliphatic rings. The molecule has 0 bridgehead atoms. The molecule has 24 heavy (non-hydrogen) atoms. The number of nitrogens with zero attached hydrogens (tertiary/aromatic N) is 1. The van der Waals surface area contributed by atoms with Gasteiger partial charge in [0, 0.05) is 25.3 Å². The number of aliphatic carboxylic acids is 1. The number of piperidine rings is 1. The van der Waals surface area contributed by atoms with E-state index in [1.807, 2.05) is 24.8 Å². The topological polar surface area (TPSA) is 69.6 Å². The van der Waals surface area contributed by atoms with E-state index in [1.165, 1.54) is 24.3 Å². The maximum atomic E-state index is 12.9. The quantitative estimate of drug-likeness (QED) is 0.813. The van der Waals surface area contributed by atoms with Crippen molar-refractivity contribution in [2.45, 2.75) is 20.3 Å². The number of anilines is 1. The first-order valence-electron chi connectivity index (χ1n) is 8.00. The Bertz CT molecular complexity index is 624. The lowest BCUT2D eigenvalue weighted by molar-refractivity contribution is -0.145. The lowest BCUT2D eigenvalue weighted by Gasteiger charge is -2.35. The van der Waals surface area contributed by atoms with E-state index in [2.05, 4.69) is 5.32 Å². The number of carboxylic acids is 1. The molecule has 0 aromatic heterocycles. The minimum Gasteiger partial charge on any atom is -0.481 e. The Morgan fingerprint density at radius 3 is 2.46 bits per heavy atom. The van der Waals surface area contributed by atoms with Crippen LogP contribution in [0.1, 0.15) is 20.3 Å². The zero-order valence-electron chi connectivity index (χ0n) is 14.0. The largest absolute Gasteiger partial charge is 0.481 e. The van der Waals surface area contributed by atoms with E-state index in [1.54, 1.807) is 0 Å². The number of allylic oxidation sites excluding steroid dienone is 1. The average molecular weight is 334 g/mol. The first-order chi connectivity index (χ1) is 11.3. The van der Waals surface area contributed by atoms with Crippen LogP contribution >= 0.6 is 0 Å². The number of rotatable bonds is 5. The predicted octanol–water partition coefficient (Wildman–Crippen LogP) is 2.75. The molecule has 5 nitrogen and oxygen atoms in total. The maximum absolute atomic E-state index is 12.9. The van der Waals surface area contributed by atoms with Gasteiger partial charge in [-0.05, 0) is 44.5 Å². The summed E-state index contributed by atoms with van der Waals surface area (Å²) in [6.07, 6.45) is 2.34. The number of hydrogen-bond acceptors (Lipinski definition) is 3. The predicted molar refractivity (Wildman–Crippen MR) is 90.1 cm³/mol. The highest BCUT2D eigenvalue weighted by atomic mass is 19.1. The van der Waals surface area contributed by atoms with Crippen LogP contribution in [0.2, 0.25) is 0 Å². The van der Waals surface area contributed by atoms with Crippen molar-refractivity contribution in [1.82, 2.24) is 4.90 Å². The van der Waals surface area contributed by atoms with Crippen LogP contribution in [0.4, 0.5) is 10.1 Å². The third-order valence-electron chi connectivity index (χ3n) is 4.12. The van der Waals surface area contributed by atoms with Gasteiger partial charge in [-0.3, -0.25) is 14.5 Å². The fourth-order valence-corrected chi connectivity index (χ4v) is 2.80. The standard InChI is InChI=1S/C18H23FN2O3/c1-12(2)7-8-21-10-13(9-14(11-21)18(23)24)17(22)20-16-5-3-15(19)4-6-16/h3-7,13-14H,8-11H2,1-2H3,(H,20,22)(H,23,24)/t13-,14+/m1/s1. The molecular weight excluding hydrogens is 311 g/mol. The van der Waals surface area contributed by atoms with Gasteiger partial charge in [0.05, 0.1) is 11.8 Å². The van der Waals surface area contributed by atoms with Gasteiger partial charge in [0.2, 0.25) is 5.91 Å². The second-order valence-corrected chi connectivity index (χ2v) is 6.46. The SMILES string of the molecule is CC(C)=CCN1C[C@@H](C(=O)O)C[C@@H](C(=O)Nc2ccc(F)cc2)C1. The van der Waals surface area contributed by atoms with Crippen molar-refractivity contribution < 1.29 is 19.1 Å². The van der Waals surface area contributed by atoms with Gasteiger partial charge in [0.25, 0.3) is 0 Å². The van der Waals surface area contributed by atoms with Crippen molar-refractivity contribution in [2.24, 2.45) is 11.8 Å². The highest BCUT2D eigenvalue weighted by molar-refractivity contribution is 5.93. The molecule has 1 fully saturated rings. The van der Waals surface area contributed by atoms with Crippen molar-refractivity contribution >= 4 is 17.6 Å². The first kappa shape index (κ1) is 18.1. The number of halogens is 1. The van der Waals surface area contributed by atoms with Crippen LogP contribution in [0.5, 0.6) is 0 Å². The molecule has 1 saturated heterocycles. The lowest BCUT2D eigenvalue weighted by atomic mass is 9.88. The molecule has 1 amide bonds. The van der Waals surface area contributed by atoms with E-state index in [-0.39, 0.29) is 11.7 Å². The van der Waals surface area contributed by atoms with Crippen LogP contribution in [0.3, 0.4) is 0 Å². The zero-order chi connectivity index (χ0) is 17.7. The summed E-state index contributed by atoms with van der Waals surface area (Å²) in [6, 6.07) is 5.53. The second kappa shape index (κ2) is 8.06. The molecule has 1 aromatic rings. The molecule has 130 valence electrons. The van der Waals surface area contributed by atoms with Gasteiger partial charge in [-0.2, -0.15) is 0 Å². The summed E-state index contributed by atoms with van der Waals surface area (Å²) in [7, 11) is 0. The molecule has 0 spiro atoms. The van der Waals surface area contributed by atoms with Gasteiger partial charge in [0.15, 0.2) is 0 Å². The molecule has 1 aromatic carbocycles. The van der Waals surface area contributed by atoms with Crippen LogP contribution in [0.25, 0.3) is 0 Å². The van der Waals surface area contributed by atoms with Crippen LogP contribution < -0.4 is 5.32 Å². The minimum atomic E-state index is -0.878. The Morgan fingerprint density at radius 2 is 1.88 bits per heavy atom. The molecule has 0 unspecified atom stereocenters. The third-order valence-corrected chi connectivity index (χ3v) is 4.12. The highest BCUT2D eigenvalue weighted by Gasteiger charge is 2.34. The molecular formula is C18H23FN2O3. The lowest BCUT2D eigenvalue weighted by Crippen LogP contribution is -2.46. The zero-order valence-corrected chi connectivity index (χ0v) is 14.0. The van der Waals surface area contributed by atoms with Crippen LogP contribution in [0, 0.1) is 17.7 Å². The van der Waals surface area contributed by atoms with Crippen molar-refractivity contribution in [1.29, 1.82) is 0 Å². The Balaban J connectivity index is 2.05. The number of carboxylic acid groups (broad SMARTS) is 1. The summed E-state index contributed by atoms with van der Waals surface area (Å²) in [6.45, 7) is 5.56. The Kier molecular flexibility index (Phi) is 6.09. The Hall–Kier alpha value is -2.21. The van der Waals surface area contributed by atoms with Crippen LogP contribution in [-0.2, 0) is 9.59 Å². The summed E-state index contributed by atoms with van der Waals surface area (Å²) in [4.78, 5) is 25.8. The third kappa shape index (κ3) is 5.16. The van der Waals surface area contributed by atoms with Gasteiger partial charge in [-0.25, -0.2) is 4.39 Å². The number of amides is 1. The second-order valence-electron chi connectivity index (χ2n) is 6.46. The average Bonchev–Trinajstić information content (AvgIpc) is 2.54. The number of likely N-dealkylation sites (tertiary alicyclic amines) is 1. The molecule has 2 rings (SSSR count). The first-order valence-corrected chi connectivity index (χ1v) is 8.00. The number of benzene rings is 1. The Morgan fingerprint density at radius 1 is 1.25 bits per heavy atom. The molecule has 1 heterocycles. The summed E-state index contributed by atoms with van der Waals surface area (Å²) >= 11 is 0. The van der Waals surface area contributed by atoms with E-state index < -0.39 is 17.8 Å². The van der Waals surface area contributed by atoms with Crippen LogP contribution in [-0.4, -0.2) is 41.5 Å². The molecule has 0 saturated carbocycles. The van der Waals surface area contributed by atoms with Crippen molar-refractivity contribution in [3.8, 4) is 0 Å². The molecule has 1 aliphatic heterocycles. The number of carbonyl (C=O) groups excluding carboxylic acids is 1. The van der Waals surface area contributed by atoms with Gasteiger partial charge in [0.1, 0.15) is 5.82 Å².